The van der Waals surface area contributed by atoms with Gasteiger partial charge in [0.1, 0.15) is 6.04 Å². The molecule has 0 bridgehead atoms. The van der Waals surface area contributed by atoms with Crippen LogP contribution in [-0.4, -0.2) is 24.1 Å². The minimum absolute atomic E-state index is 0.0812. The molecular formula is C12H18N2O2. The highest BCUT2D eigenvalue weighted by Crippen LogP contribution is 2.12. The summed E-state index contributed by atoms with van der Waals surface area (Å²) in [6.07, 6.45) is 4.23. The van der Waals surface area contributed by atoms with E-state index in [0.717, 1.165) is 5.56 Å². The number of carbonyl (C=O) groups excluding carboxylic acids is 1. The summed E-state index contributed by atoms with van der Waals surface area (Å²) in [5.74, 6) is -0.224. The van der Waals surface area contributed by atoms with E-state index in [1.165, 1.54) is 7.11 Å². The minimum atomic E-state index is -0.264. The lowest BCUT2D eigenvalue weighted by atomic mass is 10.1. The molecule has 1 rings (SSSR count). The van der Waals surface area contributed by atoms with E-state index < -0.39 is 0 Å². The lowest BCUT2D eigenvalue weighted by molar-refractivity contribution is -0.143. The van der Waals surface area contributed by atoms with Crippen molar-refractivity contribution in [1.82, 2.24) is 10.3 Å². The predicted octanol–water partition coefficient (Wildman–Crippen LogP) is 1.68. The first-order chi connectivity index (χ1) is 7.69. The highest BCUT2D eigenvalue weighted by molar-refractivity contribution is 5.75. The van der Waals surface area contributed by atoms with Crippen LogP contribution in [0, 0.1) is 0 Å². The van der Waals surface area contributed by atoms with Crippen LogP contribution in [0.5, 0.6) is 0 Å². The van der Waals surface area contributed by atoms with Crippen molar-refractivity contribution in [2.75, 3.05) is 7.11 Å². The monoisotopic (exact) mass is 222 g/mol. The van der Waals surface area contributed by atoms with Crippen molar-refractivity contribution in [3.05, 3.63) is 30.1 Å². The first-order valence-electron chi connectivity index (χ1n) is 5.42. The van der Waals surface area contributed by atoms with Gasteiger partial charge in [-0.2, -0.15) is 0 Å². The topological polar surface area (TPSA) is 51.2 Å². The highest BCUT2D eigenvalue weighted by Gasteiger charge is 2.19. The fourth-order valence-electron chi connectivity index (χ4n) is 1.52. The maximum absolute atomic E-state index is 11.4. The number of esters is 1. The molecule has 0 radical (unpaired) electrons. The second kappa shape index (κ2) is 6.23. The summed E-state index contributed by atoms with van der Waals surface area (Å²) >= 11 is 0. The van der Waals surface area contributed by atoms with Gasteiger partial charge in [0, 0.05) is 18.4 Å². The Labute approximate surface area is 96.0 Å². The maximum atomic E-state index is 11.4. The van der Waals surface area contributed by atoms with Crippen molar-refractivity contribution in [1.29, 1.82) is 0 Å². The van der Waals surface area contributed by atoms with Crippen LogP contribution >= 0.6 is 0 Å². The van der Waals surface area contributed by atoms with Gasteiger partial charge in [0.05, 0.1) is 7.11 Å². The summed E-state index contributed by atoms with van der Waals surface area (Å²) in [5.41, 5.74) is 1.06. The zero-order valence-corrected chi connectivity index (χ0v) is 9.93. The van der Waals surface area contributed by atoms with Crippen molar-refractivity contribution < 1.29 is 9.53 Å². The molecule has 1 aromatic rings. The molecular weight excluding hydrogens is 204 g/mol. The smallest absolute Gasteiger partial charge is 0.322 e. The zero-order valence-electron chi connectivity index (χ0n) is 9.93. The predicted molar refractivity (Wildman–Crippen MR) is 61.9 cm³/mol. The number of aromatic nitrogens is 1. The number of hydrogen-bond acceptors (Lipinski definition) is 4. The average Bonchev–Trinajstić information content (AvgIpc) is 2.35. The number of carbonyl (C=O) groups is 1. The molecule has 88 valence electrons. The lowest BCUT2D eigenvalue weighted by Gasteiger charge is -2.20. The quantitative estimate of drug-likeness (QED) is 0.770. The molecule has 0 aliphatic carbocycles. The van der Waals surface area contributed by atoms with E-state index in [9.17, 15) is 4.79 Å². The van der Waals surface area contributed by atoms with Crippen LogP contribution < -0.4 is 5.32 Å². The molecule has 0 saturated heterocycles. The van der Waals surface area contributed by atoms with Gasteiger partial charge in [-0.25, -0.2) is 0 Å². The van der Waals surface area contributed by atoms with E-state index >= 15 is 0 Å². The summed E-state index contributed by atoms with van der Waals surface area (Å²) in [6, 6.07) is 3.68. The minimum Gasteiger partial charge on any atom is -0.468 e. The van der Waals surface area contributed by atoms with E-state index in [0.29, 0.717) is 6.42 Å². The van der Waals surface area contributed by atoms with Gasteiger partial charge in [0.15, 0.2) is 0 Å². The van der Waals surface area contributed by atoms with Gasteiger partial charge in [-0.05, 0) is 25.0 Å². The molecule has 1 unspecified atom stereocenters. The van der Waals surface area contributed by atoms with Crippen LogP contribution in [0.1, 0.15) is 31.9 Å². The molecule has 0 aliphatic heterocycles. The number of pyridine rings is 1. The van der Waals surface area contributed by atoms with Gasteiger partial charge in [-0.1, -0.05) is 13.0 Å². The molecule has 0 aliphatic rings. The number of nitrogens with zero attached hydrogens (tertiary/aromatic N) is 1. The average molecular weight is 222 g/mol. The van der Waals surface area contributed by atoms with Gasteiger partial charge in [0.2, 0.25) is 0 Å². The molecule has 16 heavy (non-hydrogen) atoms. The van der Waals surface area contributed by atoms with Crippen LogP contribution in [0.25, 0.3) is 0 Å². The molecule has 1 N–H and O–H groups in total. The summed E-state index contributed by atoms with van der Waals surface area (Å²) in [6.45, 7) is 3.95. The third-order valence-electron chi connectivity index (χ3n) is 2.53. The molecule has 4 nitrogen and oxygen atoms in total. The Kier molecular flexibility index (Phi) is 4.92. The molecule has 4 heteroatoms. The standard InChI is InChI=1S/C12H18N2O2/c1-4-11(12(15)16-3)14-9(2)10-6-5-7-13-8-10/h5-9,11,14H,4H2,1-3H3/t9-,11?/m1/s1. The highest BCUT2D eigenvalue weighted by atomic mass is 16.5. The molecule has 0 amide bonds. The molecule has 0 aromatic carbocycles. The molecule has 0 saturated carbocycles. The van der Waals surface area contributed by atoms with E-state index in [1.54, 1.807) is 12.4 Å². The van der Waals surface area contributed by atoms with E-state index in [4.69, 9.17) is 4.74 Å². The fourth-order valence-corrected chi connectivity index (χ4v) is 1.52. The Hall–Kier alpha value is -1.42. The van der Waals surface area contributed by atoms with Crippen LogP contribution in [0.4, 0.5) is 0 Å². The molecule has 1 heterocycles. The second-order valence-corrected chi connectivity index (χ2v) is 3.66. The van der Waals surface area contributed by atoms with Crippen LogP contribution in [0.2, 0.25) is 0 Å². The molecule has 2 atom stereocenters. The van der Waals surface area contributed by atoms with E-state index in [2.05, 4.69) is 10.3 Å². The Balaban J connectivity index is 2.62. The normalized spacial score (nSPS) is 14.2. The molecule has 0 fully saturated rings. The van der Waals surface area contributed by atoms with Crippen LogP contribution in [0.3, 0.4) is 0 Å². The third kappa shape index (κ3) is 3.31. The van der Waals surface area contributed by atoms with Crippen molar-refractivity contribution in [2.24, 2.45) is 0 Å². The maximum Gasteiger partial charge on any atom is 0.322 e. The van der Waals surface area contributed by atoms with Gasteiger partial charge in [-0.15, -0.1) is 0 Å². The number of hydrogen-bond donors (Lipinski definition) is 1. The fraction of sp³-hybridized carbons (Fsp3) is 0.500. The van der Waals surface area contributed by atoms with E-state index in [1.807, 2.05) is 26.0 Å². The van der Waals surface area contributed by atoms with Gasteiger partial charge in [-0.3, -0.25) is 15.1 Å². The molecule has 0 spiro atoms. The Morgan fingerprint density at radius 3 is 2.88 bits per heavy atom. The number of ether oxygens (including phenoxy) is 1. The van der Waals surface area contributed by atoms with Gasteiger partial charge < -0.3 is 4.74 Å². The van der Waals surface area contributed by atoms with Crippen molar-refractivity contribution in [3.8, 4) is 0 Å². The van der Waals surface area contributed by atoms with Crippen molar-refractivity contribution in [2.45, 2.75) is 32.4 Å². The number of methoxy groups -OCH3 is 1. The summed E-state index contributed by atoms with van der Waals surface area (Å²) < 4.78 is 4.72. The first kappa shape index (κ1) is 12.6. The lowest BCUT2D eigenvalue weighted by Crippen LogP contribution is -2.38. The van der Waals surface area contributed by atoms with Crippen molar-refractivity contribution >= 4 is 5.97 Å². The molecule has 1 aromatic heterocycles. The SMILES string of the molecule is CCC(N[C@H](C)c1cccnc1)C(=O)OC. The summed E-state index contributed by atoms with van der Waals surface area (Å²) in [7, 11) is 1.40. The first-order valence-corrected chi connectivity index (χ1v) is 5.42. The van der Waals surface area contributed by atoms with Crippen LogP contribution in [-0.2, 0) is 9.53 Å². The zero-order chi connectivity index (χ0) is 12.0. The van der Waals surface area contributed by atoms with Crippen molar-refractivity contribution in [3.63, 3.8) is 0 Å². The third-order valence-corrected chi connectivity index (χ3v) is 2.53. The Morgan fingerprint density at radius 1 is 1.62 bits per heavy atom. The van der Waals surface area contributed by atoms with E-state index in [-0.39, 0.29) is 18.1 Å². The van der Waals surface area contributed by atoms with Gasteiger partial charge in [0.25, 0.3) is 0 Å². The number of nitrogens with one attached hydrogen (secondary N) is 1. The van der Waals surface area contributed by atoms with Gasteiger partial charge >= 0.3 is 5.97 Å². The van der Waals surface area contributed by atoms with Crippen LogP contribution in [0.15, 0.2) is 24.5 Å². The second-order valence-electron chi connectivity index (χ2n) is 3.66. The summed E-state index contributed by atoms with van der Waals surface area (Å²) in [5, 5.41) is 3.22. The number of rotatable bonds is 5. The summed E-state index contributed by atoms with van der Waals surface area (Å²) in [4.78, 5) is 15.5. The Bertz CT molecular complexity index is 327. The largest absolute Gasteiger partial charge is 0.468 e. The Morgan fingerprint density at radius 2 is 2.38 bits per heavy atom.